The van der Waals surface area contributed by atoms with Crippen LogP contribution in [0.3, 0.4) is 0 Å². The monoisotopic (exact) mass is 384 g/mol. The SMILES string of the molecule is CCOC(=O)CCCCCC(=O)c1cc(C(F)(F)F)cc(C(F)(F)F)c1. The zero-order valence-electron chi connectivity index (χ0n) is 14.0. The number of Topliss-reactive ketones (excluding diaryl/α,β-unsaturated/α-hetero) is 1. The van der Waals surface area contributed by atoms with Crippen molar-refractivity contribution >= 4 is 11.8 Å². The average molecular weight is 384 g/mol. The fourth-order valence-corrected chi connectivity index (χ4v) is 2.23. The Hall–Kier alpha value is -2.06. The summed E-state index contributed by atoms with van der Waals surface area (Å²) in [7, 11) is 0. The number of carbonyl (C=O) groups is 2. The second-order valence-corrected chi connectivity index (χ2v) is 5.58. The minimum Gasteiger partial charge on any atom is -0.466 e. The standard InChI is InChI=1S/C17H18F6O3/c1-2-26-15(25)7-5-3-4-6-14(24)11-8-12(16(18,19)20)10-13(9-11)17(21,22)23/h8-10H,2-7H2,1H3. The van der Waals surface area contributed by atoms with Crippen molar-refractivity contribution in [1.82, 2.24) is 0 Å². The summed E-state index contributed by atoms with van der Waals surface area (Å²) in [6.07, 6.45) is -8.95. The van der Waals surface area contributed by atoms with Crippen molar-refractivity contribution in [2.75, 3.05) is 6.61 Å². The fraction of sp³-hybridized carbons (Fsp3) is 0.529. The van der Waals surface area contributed by atoms with Gasteiger partial charge in [-0.1, -0.05) is 6.42 Å². The number of alkyl halides is 6. The molecule has 0 aliphatic carbocycles. The molecule has 0 N–H and O–H groups in total. The lowest BCUT2D eigenvalue weighted by Crippen LogP contribution is -2.13. The van der Waals surface area contributed by atoms with Gasteiger partial charge in [0, 0.05) is 18.4 Å². The van der Waals surface area contributed by atoms with Crippen molar-refractivity contribution in [3.63, 3.8) is 0 Å². The van der Waals surface area contributed by atoms with E-state index in [1.54, 1.807) is 6.92 Å². The molecule has 0 fully saturated rings. The number of esters is 1. The molecule has 0 amide bonds. The van der Waals surface area contributed by atoms with Crippen LogP contribution in [0.5, 0.6) is 0 Å². The number of carbonyl (C=O) groups excluding carboxylic acids is 2. The van der Waals surface area contributed by atoms with Gasteiger partial charge in [-0.2, -0.15) is 26.3 Å². The van der Waals surface area contributed by atoms with E-state index in [0.717, 1.165) is 0 Å². The summed E-state index contributed by atoms with van der Waals surface area (Å²) in [5.74, 6) is -1.20. The molecule has 1 aromatic rings. The van der Waals surface area contributed by atoms with Crippen LogP contribution in [0.1, 0.15) is 60.5 Å². The van der Waals surface area contributed by atoms with Gasteiger partial charge in [0.25, 0.3) is 0 Å². The lowest BCUT2D eigenvalue weighted by molar-refractivity contribution is -0.144. The second kappa shape index (κ2) is 9.05. The van der Waals surface area contributed by atoms with Crippen LogP contribution in [-0.4, -0.2) is 18.4 Å². The van der Waals surface area contributed by atoms with E-state index >= 15 is 0 Å². The zero-order valence-corrected chi connectivity index (χ0v) is 14.0. The van der Waals surface area contributed by atoms with Crippen LogP contribution < -0.4 is 0 Å². The van der Waals surface area contributed by atoms with Gasteiger partial charge in [0.2, 0.25) is 0 Å². The quantitative estimate of drug-likeness (QED) is 0.260. The normalized spacial score (nSPS) is 12.1. The van der Waals surface area contributed by atoms with E-state index in [1.165, 1.54) is 0 Å². The molecule has 0 unspecified atom stereocenters. The van der Waals surface area contributed by atoms with Crippen LogP contribution in [0.25, 0.3) is 0 Å². The van der Waals surface area contributed by atoms with E-state index in [0.29, 0.717) is 25.0 Å². The van der Waals surface area contributed by atoms with Crippen molar-refractivity contribution in [2.24, 2.45) is 0 Å². The molecule has 146 valence electrons. The molecule has 0 heterocycles. The number of benzene rings is 1. The number of hydrogen-bond donors (Lipinski definition) is 0. The molecule has 0 aliphatic rings. The largest absolute Gasteiger partial charge is 0.466 e. The molecular formula is C17H18F6O3. The summed E-state index contributed by atoms with van der Waals surface area (Å²) >= 11 is 0. The molecule has 26 heavy (non-hydrogen) atoms. The molecule has 0 radical (unpaired) electrons. The maximum Gasteiger partial charge on any atom is 0.416 e. The maximum atomic E-state index is 12.8. The summed E-state index contributed by atoms with van der Waals surface area (Å²) in [6.45, 7) is 1.90. The molecular weight excluding hydrogens is 366 g/mol. The van der Waals surface area contributed by atoms with E-state index in [9.17, 15) is 35.9 Å². The Bertz CT molecular complexity index is 602. The summed E-state index contributed by atoms with van der Waals surface area (Å²) in [5.41, 5.74) is -3.66. The van der Waals surface area contributed by atoms with Crippen LogP contribution in [-0.2, 0) is 21.9 Å². The van der Waals surface area contributed by atoms with Crippen molar-refractivity contribution in [3.8, 4) is 0 Å². The van der Waals surface area contributed by atoms with Crippen molar-refractivity contribution in [3.05, 3.63) is 34.9 Å². The number of hydrogen-bond acceptors (Lipinski definition) is 3. The van der Waals surface area contributed by atoms with Gasteiger partial charge in [0.05, 0.1) is 17.7 Å². The zero-order chi connectivity index (χ0) is 20.0. The maximum absolute atomic E-state index is 12.8. The van der Waals surface area contributed by atoms with Gasteiger partial charge in [0.1, 0.15) is 0 Å². The van der Waals surface area contributed by atoms with Crippen LogP contribution >= 0.6 is 0 Å². The third-order valence-electron chi connectivity index (χ3n) is 3.50. The van der Waals surface area contributed by atoms with Gasteiger partial charge in [0.15, 0.2) is 5.78 Å². The van der Waals surface area contributed by atoms with Crippen LogP contribution in [0.2, 0.25) is 0 Å². The lowest BCUT2D eigenvalue weighted by Gasteiger charge is -2.13. The highest BCUT2D eigenvalue weighted by Crippen LogP contribution is 2.36. The first-order chi connectivity index (χ1) is 11.9. The van der Waals surface area contributed by atoms with Gasteiger partial charge in [-0.15, -0.1) is 0 Å². The summed E-state index contributed by atoms with van der Waals surface area (Å²) < 4.78 is 81.3. The van der Waals surface area contributed by atoms with Gasteiger partial charge >= 0.3 is 18.3 Å². The molecule has 0 spiro atoms. The number of unbranched alkanes of at least 4 members (excludes halogenated alkanes) is 2. The Morgan fingerprint density at radius 3 is 1.81 bits per heavy atom. The summed E-state index contributed by atoms with van der Waals surface area (Å²) in [5, 5.41) is 0. The van der Waals surface area contributed by atoms with Crippen molar-refractivity contribution in [1.29, 1.82) is 0 Å². The van der Waals surface area contributed by atoms with Gasteiger partial charge in [-0.05, 0) is 38.0 Å². The van der Waals surface area contributed by atoms with E-state index < -0.39 is 40.8 Å². The van der Waals surface area contributed by atoms with Gasteiger partial charge in [-0.3, -0.25) is 9.59 Å². The number of rotatable bonds is 8. The first-order valence-electron chi connectivity index (χ1n) is 7.93. The molecule has 0 aromatic heterocycles. The number of ether oxygens (including phenoxy) is 1. The highest BCUT2D eigenvalue weighted by Gasteiger charge is 2.37. The second-order valence-electron chi connectivity index (χ2n) is 5.58. The Morgan fingerprint density at radius 1 is 0.846 bits per heavy atom. The summed E-state index contributed by atoms with van der Waals surface area (Å²) in [6, 6.07) is 0.836. The van der Waals surface area contributed by atoms with Crippen LogP contribution in [0.4, 0.5) is 26.3 Å². The minimum atomic E-state index is -4.99. The predicted octanol–water partition coefficient (Wildman–Crippen LogP) is 5.42. The lowest BCUT2D eigenvalue weighted by atomic mass is 9.99. The molecule has 3 nitrogen and oxygen atoms in total. The van der Waals surface area contributed by atoms with Gasteiger partial charge < -0.3 is 4.74 Å². The number of halogens is 6. The smallest absolute Gasteiger partial charge is 0.416 e. The third-order valence-corrected chi connectivity index (χ3v) is 3.50. The van der Waals surface area contributed by atoms with Crippen molar-refractivity contribution in [2.45, 2.75) is 51.4 Å². The highest BCUT2D eigenvalue weighted by atomic mass is 19.4. The molecule has 1 aromatic carbocycles. The summed E-state index contributed by atoms with van der Waals surface area (Å²) in [4.78, 5) is 23.1. The molecule has 0 saturated heterocycles. The van der Waals surface area contributed by atoms with E-state index in [4.69, 9.17) is 4.74 Å². The average Bonchev–Trinajstić information content (AvgIpc) is 2.52. The first-order valence-corrected chi connectivity index (χ1v) is 7.93. The Kier molecular flexibility index (Phi) is 7.65. The minimum absolute atomic E-state index is 0.0177. The molecule has 9 heteroatoms. The van der Waals surface area contributed by atoms with E-state index in [2.05, 4.69) is 0 Å². The third kappa shape index (κ3) is 7.05. The predicted molar refractivity (Wildman–Crippen MR) is 80.5 cm³/mol. The number of ketones is 1. The fourth-order valence-electron chi connectivity index (χ4n) is 2.23. The molecule has 0 aliphatic heterocycles. The Labute approximate surface area is 146 Å². The topological polar surface area (TPSA) is 43.4 Å². The van der Waals surface area contributed by atoms with E-state index in [-0.39, 0.29) is 31.9 Å². The Morgan fingerprint density at radius 2 is 1.35 bits per heavy atom. The molecule has 0 saturated carbocycles. The van der Waals surface area contributed by atoms with Crippen LogP contribution in [0, 0.1) is 0 Å². The first kappa shape index (κ1) is 22.0. The molecule has 1 rings (SSSR count). The molecule has 0 bridgehead atoms. The highest BCUT2D eigenvalue weighted by molar-refractivity contribution is 5.96. The van der Waals surface area contributed by atoms with Crippen molar-refractivity contribution < 1.29 is 40.7 Å². The Balaban J connectivity index is 2.75. The van der Waals surface area contributed by atoms with E-state index in [1.807, 2.05) is 0 Å². The molecule has 0 atom stereocenters. The van der Waals surface area contributed by atoms with Crippen LogP contribution in [0.15, 0.2) is 18.2 Å². The van der Waals surface area contributed by atoms with Gasteiger partial charge in [-0.25, -0.2) is 0 Å².